The predicted molar refractivity (Wildman–Crippen MR) is 46.2 cm³/mol. The summed E-state index contributed by atoms with van der Waals surface area (Å²) in [6.45, 7) is 1.03. The number of hydrogen-bond acceptors (Lipinski definition) is 5. The molecule has 6 nitrogen and oxygen atoms in total. The van der Waals surface area contributed by atoms with Gasteiger partial charge in [-0.15, -0.1) is 0 Å². The molecule has 0 aromatic heterocycles. The molecule has 82 valence electrons. The summed E-state index contributed by atoms with van der Waals surface area (Å²) in [5.41, 5.74) is 0. The molecule has 0 bridgehead atoms. The number of aliphatic hydroxyl groups excluding tert-OH is 3. The number of amides is 1. The number of carbonyl (C=O) groups is 1. The number of rotatable bonds is 2. The molecular formula is C8H15NO5. The molecule has 0 spiro atoms. The monoisotopic (exact) mass is 205 g/mol. The van der Waals surface area contributed by atoms with Gasteiger partial charge in [-0.05, 0) is 0 Å². The van der Waals surface area contributed by atoms with Gasteiger partial charge < -0.3 is 25.4 Å². The van der Waals surface area contributed by atoms with Crippen LogP contribution in [0, 0.1) is 0 Å². The van der Waals surface area contributed by atoms with E-state index in [1.807, 2.05) is 0 Å². The zero-order chi connectivity index (χ0) is 10.7. The summed E-state index contributed by atoms with van der Waals surface area (Å²) in [4.78, 5) is 10.7. The topological polar surface area (TPSA) is 99.0 Å². The maximum absolute atomic E-state index is 10.7. The average Bonchev–Trinajstić information content (AvgIpc) is 2.10. The van der Waals surface area contributed by atoms with Gasteiger partial charge in [0, 0.05) is 13.3 Å². The third-order valence-electron chi connectivity index (χ3n) is 2.13. The highest BCUT2D eigenvalue weighted by atomic mass is 16.6. The van der Waals surface area contributed by atoms with Crippen molar-refractivity contribution >= 4 is 5.91 Å². The van der Waals surface area contributed by atoms with E-state index in [1.165, 1.54) is 6.92 Å². The number of nitrogens with one attached hydrogen (secondary N) is 1. The lowest BCUT2D eigenvalue weighted by molar-refractivity contribution is -0.214. The summed E-state index contributed by atoms with van der Waals surface area (Å²) in [6, 6.07) is -0.824. The molecule has 0 radical (unpaired) electrons. The van der Waals surface area contributed by atoms with Crippen molar-refractivity contribution in [2.45, 2.75) is 37.9 Å². The first-order valence-corrected chi connectivity index (χ1v) is 4.44. The van der Waals surface area contributed by atoms with Crippen LogP contribution in [0.4, 0.5) is 0 Å². The normalized spacial score (nSPS) is 38.0. The second-order valence-electron chi connectivity index (χ2n) is 3.36. The SMILES string of the molecule is CC(=O)N[C@@H]1[C@H](O)O[C@H](CO)C[C@@H]1O. The lowest BCUT2D eigenvalue weighted by Crippen LogP contribution is -2.57. The smallest absolute Gasteiger partial charge is 0.217 e. The number of ether oxygens (including phenoxy) is 1. The Balaban J connectivity index is 2.55. The molecular weight excluding hydrogens is 190 g/mol. The van der Waals surface area contributed by atoms with Gasteiger partial charge in [-0.3, -0.25) is 4.79 Å². The Bertz CT molecular complexity index is 198. The number of carbonyl (C=O) groups excluding carboxylic acids is 1. The summed E-state index contributed by atoms with van der Waals surface area (Å²) in [5, 5.41) is 30.0. The highest BCUT2D eigenvalue weighted by Gasteiger charge is 2.36. The minimum Gasteiger partial charge on any atom is -0.394 e. The highest BCUT2D eigenvalue weighted by molar-refractivity contribution is 5.73. The van der Waals surface area contributed by atoms with E-state index in [1.54, 1.807) is 0 Å². The van der Waals surface area contributed by atoms with Gasteiger partial charge in [0.05, 0.1) is 18.8 Å². The van der Waals surface area contributed by atoms with E-state index in [2.05, 4.69) is 5.32 Å². The van der Waals surface area contributed by atoms with Crippen LogP contribution in [0.5, 0.6) is 0 Å². The highest BCUT2D eigenvalue weighted by Crippen LogP contribution is 2.18. The molecule has 1 aliphatic heterocycles. The van der Waals surface area contributed by atoms with Crippen molar-refractivity contribution in [3.63, 3.8) is 0 Å². The molecule has 4 N–H and O–H groups in total. The van der Waals surface area contributed by atoms with Gasteiger partial charge in [0.1, 0.15) is 6.04 Å². The van der Waals surface area contributed by atoms with Crippen LogP contribution in [0.3, 0.4) is 0 Å². The van der Waals surface area contributed by atoms with Crippen molar-refractivity contribution < 1.29 is 24.9 Å². The fraction of sp³-hybridized carbons (Fsp3) is 0.875. The van der Waals surface area contributed by atoms with Crippen LogP contribution in [-0.2, 0) is 9.53 Å². The Kier molecular flexibility index (Phi) is 3.82. The van der Waals surface area contributed by atoms with E-state index >= 15 is 0 Å². The molecule has 1 fully saturated rings. The molecule has 1 rings (SSSR count). The zero-order valence-corrected chi connectivity index (χ0v) is 7.88. The van der Waals surface area contributed by atoms with Gasteiger partial charge in [0.25, 0.3) is 0 Å². The van der Waals surface area contributed by atoms with E-state index in [9.17, 15) is 15.0 Å². The molecule has 0 unspecified atom stereocenters. The van der Waals surface area contributed by atoms with Crippen LogP contribution in [0.2, 0.25) is 0 Å². The zero-order valence-electron chi connectivity index (χ0n) is 7.88. The van der Waals surface area contributed by atoms with E-state index in [0.717, 1.165) is 0 Å². The van der Waals surface area contributed by atoms with Gasteiger partial charge >= 0.3 is 0 Å². The molecule has 1 heterocycles. The summed E-state index contributed by atoms with van der Waals surface area (Å²) in [5.74, 6) is -0.348. The second-order valence-corrected chi connectivity index (χ2v) is 3.36. The Morgan fingerprint density at radius 1 is 1.57 bits per heavy atom. The van der Waals surface area contributed by atoms with Crippen LogP contribution in [0.15, 0.2) is 0 Å². The largest absolute Gasteiger partial charge is 0.394 e. The minimum atomic E-state index is -1.28. The van der Waals surface area contributed by atoms with Crippen molar-refractivity contribution in [2.24, 2.45) is 0 Å². The summed E-state index contributed by atoms with van der Waals surface area (Å²) < 4.78 is 4.95. The van der Waals surface area contributed by atoms with Crippen molar-refractivity contribution in [2.75, 3.05) is 6.61 Å². The Hall–Kier alpha value is -0.690. The van der Waals surface area contributed by atoms with Crippen LogP contribution >= 0.6 is 0 Å². The van der Waals surface area contributed by atoms with Crippen LogP contribution < -0.4 is 5.32 Å². The average molecular weight is 205 g/mol. The quantitative estimate of drug-likeness (QED) is 0.416. The van der Waals surface area contributed by atoms with Crippen LogP contribution in [-0.4, -0.2) is 52.4 Å². The summed E-state index contributed by atoms with van der Waals surface area (Å²) in [7, 11) is 0. The van der Waals surface area contributed by atoms with Crippen molar-refractivity contribution in [3.05, 3.63) is 0 Å². The molecule has 0 saturated carbocycles. The molecule has 1 saturated heterocycles. The Labute approximate surface area is 81.5 Å². The van der Waals surface area contributed by atoms with Crippen molar-refractivity contribution in [3.8, 4) is 0 Å². The lowest BCUT2D eigenvalue weighted by Gasteiger charge is -2.36. The molecule has 1 aliphatic rings. The summed E-state index contributed by atoms with van der Waals surface area (Å²) >= 11 is 0. The fourth-order valence-electron chi connectivity index (χ4n) is 1.46. The van der Waals surface area contributed by atoms with Gasteiger partial charge in [-0.25, -0.2) is 0 Å². The number of aliphatic hydroxyl groups is 3. The second kappa shape index (κ2) is 4.70. The molecule has 4 atom stereocenters. The van der Waals surface area contributed by atoms with Gasteiger partial charge in [0.2, 0.25) is 5.91 Å². The van der Waals surface area contributed by atoms with Crippen molar-refractivity contribution in [1.29, 1.82) is 0 Å². The van der Waals surface area contributed by atoms with E-state index in [4.69, 9.17) is 9.84 Å². The number of hydrogen-bond donors (Lipinski definition) is 4. The van der Waals surface area contributed by atoms with Crippen LogP contribution in [0.1, 0.15) is 13.3 Å². The van der Waals surface area contributed by atoms with E-state index in [0.29, 0.717) is 0 Å². The molecule has 0 aromatic rings. The van der Waals surface area contributed by atoms with Gasteiger partial charge in [-0.2, -0.15) is 0 Å². The first-order chi connectivity index (χ1) is 6.54. The van der Waals surface area contributed by atoms with Gasteiger partial charge in [-0.1, -0.05) is 0 Å². The first kappa shape index (κ1) is 11.4. The Morgan fingerprint density at radius 2 is 2.21 bits per heavy atom. The van der Waals surface area contributed by atoms with Crippen molar-refractivity contribution in [1.82, 2.24) is 5.32 Å². The standard InChI is InChI=1S/C8H15NO5/c1-4(11)9-7-6(12)2-5(3-10)14-8(7)13/h5-8,10,12-13H,2-3H2,1H3,(H,9,11)/t5-,6-,7-,8+/m0/s1. The van der Waals surface area contributed by atoms with Gasteiger partial charge in [0.15, 0.2) is 6.29 Å². The maximum Gasteiger partial charge on any atom is 0.217 e. The van der Waals surface area contributed by atoms with Crippen LogP contribution in [0.25, 0.3) is 0 Å². The molecule has 0 aliphatic carbocycles. The van der Waals surface area contributed by atoms with E-state index < -0.39 is 24.5 Å². The predicted octanol–water partition coefficient (Wildman–Crippen LogP) is -2.05. The minimum absolute atomic E-state index is 0.193. The molecule has 0 aromatic carbocycles. The fourth-order valence-corrected chi connectivity index (χ4v) is 1.46. The first-order valence-electron chi connectivity index (χ1n) is 4.44. The van der Waals surface area contributed by atoms with E-state index in [-0.39, 0.29) is 18.9 Å². The third kappa shape index (κ3) is 2.65. The summed E-state index contributed by atoms with van der Waals surface area (Å²) in [6.07, 6.45) is -2.57. The lowest BCUT2D eigenvalue weighted by atomic mass is 10.0. The molecule has 6 heteroatoms. The maximum atomic E-state index is 10.7. The molecule has 14 heavy (non-hydrogen) atoms. The molecule has 1 amide bonds. The third-order valence-corrected chi connectivity index (χ3v) is 2.13. The Morgan fingerprint density at radius 3 is 2.64 bits per heavy atom.